The Balaban J connectivity index is 0.949. The topological polar surface area (TPSA) is 102 Å². The molecule has 5 aliphatic rings. The first-order valence-corrected chi connectivity index (χ1v) is 13.8. The van der Waals surface area contributed by atoms with Crippen molar-refractivity contribution in [3.8, 4) is 0 Å². The average molecular weight is 515 g/mol. The normalized spacial score (nSPS) is 25.3. The van der Waals surface area contributed by atoms with Crippen LogP contribution in [0.1, 0.15) is 41.6 Å². The highest BCUT2D eigenvalue weighted by molar-refractivity contribution is 6.06. The van der Waals surface area contributed by atoms with Crippen LogP contribution in [0.4, 0.5) is 17.1 Å². The molecule has 0 saturated carbocycles. The van der Waals surface area contributed by atoms with E-state index in [0.29, 0.717) is 30.0 Å². The van der Waals surface area contributed by atoms with Gasteiger partial charge in [-0.25, -0.2) is 0 Å². The summed E-state index contributed by atoms with van der Waals surface area (Å²) in [6.07, 6.45) is 3.04. The van der Waals surface area contributed by atoms with Gasteiger partial charge in [-0.2, -0.15) is 0 Å². The van der Waals surface area contributed by atoms with Gasteiger partial charge in [0.15, 0.2) is 0 Å². The number of imide groups is 1. The molecule has 7 rings (SSSR count). The van der Waals surface area contributed by atoms with Crippen LogP contribution in [0.15, 0.2) is 42.5 Å². The van der Waals surface area contributed by atoms with Crippen LogP contribution in [0.3, 0.4) is 0 Å². The second-order valence-electron chi connectivity index (χ2n) is 11.8. The smallest absolute Gasteiger partial charge is 0.255 e. The minimum Gasteiger partial charge on any atom is -0.399 e. The fraction of sp³-hybridized carbons (Fsp3) is 0.483. The number of piperidine rings is 2. The number of hydrogen-bond donors (Lipinski definition) is 2. The van der Waals surface area contributed by atoms with Crippen LogP contribution >= 0.6 is 0 Å². The van der Waals surface area contributed by atoms with Crippen molar-refractivity contribution in [3.05, 3.63) is 53.6 Å². The number of nitrogens with one attached hydrogen (secondary N) is 1. The number of fused-ring (bicyclic) bond motifs is 1. The molecule has 4 saturated heterocycles. The highest BCUT2D eigenvalue weighted by atomic mass is 16.2. The highest BCUT2D eigenvalue weighted by Gasteiger charge is 2.54. The van der Waals surface area contributed by atoms with Crippen molar-refractivity contribution >= 4 is 34.8 Å². The van der Waals surface area contributed by atoms with Crippen molar-refractivity contribution in [1.82, 2.24) is 15.1 Å². The van der Waals surface area contributed by atoms with Crippen LogP contribution in [0.5, 0.6) is 0 Å². The number of carbonyl (C=O) groups is 3. The van der Waals surface area contributed by atoms with E-state index in [1.165, 1.54) is 18.5 Å². The Morgan fingerprint density at radius 3 is 2.32 bits per heavy atom. The van der Waals surface area contributed by atoms with Crippen LogP contribution in [-0.2, 0) is 16.1 Å². The molecule has 0 bridgehead atoms. The van der Waals surface area contributed by atoms with Gasteiger partial charge in [-0.3, -0.25) is 24.6 Å². The number of nitrogens with two attached hydrogens (primary N) is 1. The van der Waals surface area contributed by atoms with Crippen molar-refractivity contribution in [2.24, 2.45) is 5.41 Å². The van der Waals surface area contributed by atoms with Gasteiger partial charge in [-0.1, -0.05) is 6.07 Å². The quantitative estimate of drug-likeness (QED) is 0.474. The van der Waals surface area contributed by atoms with Crippen LogP contribution in [0.25, 0.3) is 0 Å². The van der Waals surface area contributed by atoms with E-state index in [2.05, 4.69) is 38.2 Å². The van der Waals surface area contributed by atoms with Crippen molar-refractivity contribution in [1.29, 1.82) is 0 Å². The summed E-state index contributed by atoms with van der Waals surface area (Å²) in [5.74, 6) is -0.726. The molecule has 198 valence electrons. The average Bonchev–Trinajstić information content (AvgIpc) is 3.20. The van der Waals surface area contributed by atoms with Gasteiger partial charge in [0.05, 0.1) is 0 Å². The van der Waals surface area contributed by atoms with Crippen molar-refractivity contribution in [3.63, 3.8) is 0 Å². The molecule has 2 aromatic rings. The predicted octanol–water partition coefficient (Wildman–Crippen LogP) is 1.82. The lowest BCUT2D eigenvalue weighted by molar-refractivity contribution is -0.136. The van der Waals surface area contributed by atoms with Gasteiger partial charge >= 0.3 is 0 Å². The van der Waals surface area contributed by atoms with Crippen LogP contribution in [-0.4, -0.2) is 78.9 Å². The molecule has 1 unspecified atom stereocenters. The molecule has 3 N–H and O–H groups in total. The van der Waals surface area contributed by atoms with E-state index in [-0.39, 0.29) is 24.1 Å². The maximum atomic E-state index is 13.2. The number of carbonyl (C=O) groups excluding carboxylic acids is 3. The first-order chi connectivity index (χ1) is 18.4. The van der Waals surface area contributed by atoms with Gasteiger partial charge in [-0.15, -0.1) is 0 Å². The number of rotatable bonds is 4. The summed E-state index contributed by atoms with van der Waals surface area (Å²) in [6, 6.07) is 14.2. The first kappa shape index (κ1) is 23.5. The van der Waals surface area contributed by atoms with Gasteiger partial charge in [-0.05, 0) is 55.7 Å². The standard InChI is InChI=1S/C29H34N6O3/c30-19-4-6-20(7-5-19)32-12-10-21(11-13-32)33-15-29(16-33)17-34(18-29)24-3-1-2-22-23(24)14-35(28(22)38)25-8-9-26(36)31-27(25)37/h1-7,21,25H,8-18,30H2,(H,31,36,37). The maximum Gasteiger partial charge on any atom is 0.255 e. The molecule has 4 fully saturated rings. The van der Waals surface area contributed by atoms with Crippen LogP contribution in [0, 0.1) is 5.41 Å². The van der Waals surface area contributed by atoms with Gasteiger partial charge in [0, 0.05) is 91.9 Å². The number of hydrogen-bond acceptors (Lipinski definition) is 7. The zero-order valence-electron chi connectivity index (χ0n) is 21.6. The molecule has 0 aliphatic carbocycles. The van der Waals surface area contributed by atoms with Crippen molar-refractivity contribution < 1.29 is 14.4 Å². The third-order valence-electron chi connectivity index (χ3n) is 9.27. The lowest BCUT2D eigenvalue weighted by atomic mass is 9.71. The summed E-state index contributed by atoms with van der Waals surface area (Å²) in [5.41, 5.74) is 11.1. The molecule has 0 radical (unpaired) electrons. The summed E-state index contributed by atoms with van der Waals surface area (Å²) in [7, 11) is 0. The Morgan fingerprint density at radius 2 is 1.61 bits per heavy atom. The van der Waals surface area contributed by atoms with E-state index >= 15 is 0 Å². The molecule has 5 aliphatic heterocycles. The largest absolute Gasteiger partial charge is 0.399 e. The van der Waals surface area contributed by atoms with Gasteiger partial charge in [0.1, 0.15) is 6.04 Å². The van der Waals surface area contributed by atoms with Crippen molar-refractivity contribution in [2.45, 2.75) is 44.3 Å². The van der Waals surface area contributed by atoms with E-state index in [1.54, 1.807) is 4.90 Å². The molecule has 1 atom stereocenters. The molecule has 9 heteroatoms. The number of benzene rings is 2. The zero-order valence-corrected chi connectivity index (χ0v) is 21.6. The van der Waals surface area contributed by atoms with E-state index in [0.717, 1.165) is 56.2 Å². The van der Waals surface area contributed by atoms with E-state index < -0.39 is 6.04 Å². The SMILES string of the molecule is Nc1ccc(N2CCC(N3CC4(CN(c5cccc6c5CN(C5CCC(=O)NC5=O)C6=O)C4)C3)CC2)cc1. The predicted molar refractivity (Wildman–Crippen MR) is 145 cm³/mol. The summed E-state index contributed by atoms with van der Waals surface area (Å²) < 4.78 is 0. The van der Waals surface area contributed by atoms with Crippen LogP contribution < -0.4 is 20.9 Å². The Bertz CT molecular complexity index is 1290. The van der Waals surface area contributed by atoms with E-state index in [9.17, 15) is 14.4 Å². The third kappa shape index (κ3) is 3.83. The first-order valence-electron chi connectivity index (χ1n) is 13.8. The zero-order chi connectivity index (χ0) is 26.0. The third-order valence-corrected chi connectivity index (χ3v) is 9.27. The maximum absolute atomic E-state index is 13.2. The fourth-order valence-corrected chi connectivity index (χ4v) is 7.25. The second-order valence-corrected chi connectivity index (χ2v) is 11.8. The lowest BCUT2D eigenvalue weighted by Gasteiger charge is -2.63. The van der Waals surface area contributed by atoms with E-state index in [4.69, 9.17) is 5.73 Å². The Morgan fingerprint density at radius 1 is 0.868 bits per heavy atom. The molecule has 5 heterocycles. The molecule has 38 heavy (non-hydrogen) atoms. The molecular weight excluding hydrogens is 480 g/mol. The minimum atomic E-state index is -0.574. The van der Waals surface area contributed by atoms with Gasteiger partial charge in [0.25, 0.3) is 5.91 Å². The fourth-order valence-electron chi connectivity index (χ4n) is 7.25. The van der Waals surface area contributed by atoms with Crippen LogP contribution in [0.2, 0.25) is 0 Å². The number of nitrogens with zero attached hydrogens (tertiary/aromatic N) is 4. The van der Waals surface area contributed by atoms with E-state index in [1.807, 2.05) is 24.3 Å². The second kappa shape index (κ2) is 8.73. The Labute approximate surface area is 222 Å². The molecule has 2 aromatic carbocycles. The summed E-state index contributed by atoms with van der Waals surface area (Å²) in [5, 5.41) is 2.39. The van der Waals surface area contributed by atoms with Gasteiger partial charge in [0.2, 0.25) is 11.8 Å². The molecule has 3 amide bonds. The molecule has 1 spiro atoms. The summed E-state index contributed by atoms with van der Waals surface area (Å²) in [4.78, 5) is 46.4. The lowest BCUT2D eigenvalue weighted by Crippen LogP contribution is -2.74. The number of likely N-dealkylation sites (tertiary alicyclic amines) is 1. The molecule has 0 aromatic heterocycles. The summed E-state index contributed by atoms with van der Waals surface area (Å²) in [6.45, 7) is 6.90. The molecule has 9 nitrogen and oxygen atoms in total. The molecular formula is C29H34N6O3. The monoisotopic (exact) mass is 514 g/mol. The Kier molecular flexibility index (Phi) is 5.40. The highest BCUT2D eigenvalue weighted by Crippen LogP contribution is 2.46. The summed E-state index contributed by atoms with van der Waals surface area (Å²) >= 11 is 0. The minimum absolute atomic E-state index is 0.105. The van der Waals surface area contributed by atoms with Gasteiger partial charge < -0.3 is 20.4 Å². The number of nitrogen functional groups attached to an aromatic ring is 1. The van der Waals surface area contributed by atoms with Crippen molar-refractivity contribution in [2.75, 3.05) is 54.8 Å². The Hall–Kier alpha value is -3.59. The number of amides is 3. The number of anilines is 3.